The molecule has 2 heterocycles. The Hall–Kier alpha value is -1.23. The van der Waals surface area contributed by atoms with Crippen molar-refractivity contribution >= 4 is 50.0 Å². The summed E-state index contributed by atoms with van der Waals surface area (Å²) in [7, 11) is 0. The average Bonchev–Trinajstić information content (AvgIpc) is 2.45. The minimum Gasteiger partial charge on any atom is -0.255 e. The highest BCUT2D eigenvalue weighted by molar-refractivity contribution is 9.10. The molecule has 0 amide bonds. The second-order valence-electron chi connectivity index (χ2n) is 4.25. The maximum Gasteiger partial charge on any atom is 0.164 e. The van der Waals surface area contributed by atoms with Crippen LogP contribution in [-0.2, 0) is 0 Å². The Bertz CT molecular complexity index is 798. The molecule has 0 fully saturated rings. The first kappa shape index (κ1) is 13.7. The van der Waals surface area contributed by atoms with Crippen LogP contribution >= 0.6 is 39.1 Å². The van der Waals surface area contributed by atoms with E-state index in [0.29, 0.717) is 21.7 Å². The fourth-order valence-corrected chi connectivity index (χ4v) is 2.74. The molecule has 3 nitrogen and oxygen atoms in total. The molecule has 0 saturated carbocycles. The summed E-state index contributed by atoms with van der Waals surface area (Å²) in [5, 5.41) is 1.69. The van der Waals surface area contributed by atoms with Crippen LogP contribution in [0.25, 0.3) is 22.3 Å². The van der Waals surface area contributed by atoms with E-state index in [-0.39, 0.29) is 0 Å². The third kappa shape index (κ3) is 2.28. The molecule has 1 aromatic carbocycles. The topological polar surface area (TPSA) is 38.7 Å². The Labute approximate surface area is 134 Å². The Morgan fingerprint density at radius 2 is 1.75 bits per heavy atom. The van der Waals surface area contributed by atoms with Crippen molar-refractivity contribution in [1.29, 1.82) is 0 Å². The highest BCUT2D eigenvalue weighted by atomic mass is 79.9. The van der Waals surface area contributed by atoms with Gasteiger partial charge in [-0.2, -0.15) is 0 Å². The highest BCUT2D eigenvalue weighted by Crippen LogP contribution is 2.32. The van der Waals surface area contributed by atoms with Gasteiger partial charge in [0.1, 0.15) is 10.3 Å². The molecule has 0 saturated heterocycles. The third-order valence-corrected chi connectivity index (χ3v) is 4.41. The molecule has 3 rings (SSSR count). The molecule has 3 aromatic rings. The third-order valence-electron chi connectivity index (χ3n) is 2.98. The van der Waals surface area contributed by atoms with Gasteiger partial charge in [0.05, 0.1) is 5.52 Å². The molecule has 0 aliphatic heterocycles. The molecule has 0 unspecified atom stereocenters. The molecule has 0 radical (unpaired) electrons. The molecule has 0 aliphatic carbocycles. The van der Waals surface area contributed by atoms with Gasteiger partial charge in [0.15, 0.2) is 5.82 Å². The standard InChI is InChI=1S/C14H8BrCl2N3/c1-7-12(16)19-14(20-13(7)17)9-4-5-10(15)8-3-2-6-18-11(8)9/h2-6H,1H3. The lowest BCUT2D eigenvalue weighted by molar-refractivity contribution is 1.14. The van der Waals surface area contributed by atoms with Crippen LogP contribution in [-0.4, -0.2) is 15.0 Å². The SMILES string of the molecule is Cc1c(Cl)nc(-c2ccc(Br)c3cccnc23)nc1Cl. The largest absolute Gasteiger partial charge is 0.255 e. The second kappa shape index (κ2) is 5.28. The maximum atomic E-state index is 6.09. The average molecular weight is 369 g/mol. The van der Waals surface area contributed by atoms with E-state index in [2.05, 4.69) is 30.9 Å². The Balaban J connectivity index is 2.33. The van der Waals surface area contributed by atoms with Crippen LogP contribution in [0.3, 0.4) is 0 Å². The zero-order chi connectivity index (χ0) is 14.3. The number of halogens is 3. The first-order valence-electron chi connectivity index (χ1n) is 5.81. The summed E-state index contributed by atoms with van der Waals surface area (Å²) in [6.45, 7) is 1.78. The van der Waals surface area contributed by atoms with Crippen LogP contribution in [0.2, 0.25) is 10.3 Å². The summed E-state index contributed by atoms with van der Waals surface area (Å²) in [5.41, 5.74) is 2.27. The van der Waals surface area contributed by atoms with E-state index in [1.807, 2.05) is 24.3 Å². The van der Waals surface area contributed by atoms with Gasteiger partial charge >= 0.3 is 0 Å². The van der Waals surface area contributed by atoms with Gasteiger partial charge in [-0.15, -0.1) is 0 Å². The molecule has 0 bridgehead atoms. The van der Waals surface area contributed by atoms with Gasteiger partial charge in [-0.3, -0.25) is 4.98 Å². The predicted octanol–water partition coefficient (Wildman–Crippen LogP) is 5.07. The van der Waals surface area contributed by atoms with Gasteiger partial charge < -0.3 is 0 Å². The lowest BCUT2D eigenvalue weighted by Gasteiger charge is -2.08. The van der Waals surface area contributed by atoms with E-state index < -0.39 is 0 Å². The lowest BCUT2D eigenvalue weighted by Crippen LogP contribution is -1.95. The summed E-state index contributed by atoms with van der Waals surface area (Å²) < 4.78 is 0.966. The van der Waals surface area contributed by atoms with Crippen molar-refractivity contribution in [2.24, 2.45) is 0 Å². The van der Waals surface area contributed by atoms with Gasteiger partial charge in [-0.1, -0.05) is 45.2 Å². The molecule has 20 heavy (non-hydrogen) atoms. The van der Waals surface area contributed by atoms with Crippen molar-refractivity contribution in [1.82, 2.24) is 15.0 Å². The number of rotatable bonds is 1. The number of hydrogen-bond donors (Lipinski definition) is 0. The van der Waals surface area contributed by atoms with Gasteiger partial charge in [-0.25, -0.2) is 9.97 Å². The highest BCUT2D eigenvalue weighted by Gasteiger charge is 2.13. The van der Waals surface area contributed by atoms with Crippen LogP contribution in [0.4, 0.5) is 0 Å². The number of fused-ring (bicyclic) bond motifs is 1. The molecule has 0 spiro atoms. The van der Waals surface area contributed by atoms with Crippen LogP contribution in [0.5, 0.6) is 0 Å². The van der Waals surface area contributed by atoms with Crippen LogP contribution in [0.15, 0.2) is 34.9 Å². The van der Waals surface area contributed by atoms with Gasteiger partial charge in [0.25, 0.3) is 0 Å². The summed E-state index contributed by atoms with van der Waals surface area (Å²) in [6, 6.07) is 7.70. The minimum absolute atomic E-state index is 0.354. The molecule has 0 N–H and O–H groups in total. The Kier molecular flexibility index (Phi) is 3.63. The predicted molar refractivity (Wildman–Crippen MR) is 85.2 cm³/mol. The van der Waals surface area contributed by atoms with Crippen molar-refractivity contribution in [2.45, 2.75) is 6.92 Å². The van der Waals surface area contributed by atoms with Gasteiger partial charge in [0.2, 0.25) is 0 Å². The molecule has 0 aliphatic rings. The smallest absolute Gasteiger partial charge is 0.164 e. The van der Waals surface area contributed by atoms with Crippen molar-refractivity contribution in [3.63, 3.8) is 0 Å². The molecule has 2 aromatic heterocycles. The Morgan fingerprint density at radius 3 is 2.45 bits per heavy atom. The molecular formula is C14H8BrCl2N3. The maximum absolute atomic E-state index is 6.09. The van der Waals surface area contributed by atoms with E-state index in [1.165, 1.54) is 0 Å². The summed E-state index contributed by atoms with van der Waals surface area (Å²) >= 11 is 15.7. The minimum atomic E-state index is 0.354. The van der Waals surface area contributed by atoms with Crippen molar-refractivity contribution in [3.05, 3.63) is 50.8 Å². The molecular weight excluding hydrogens is 361 g/mol. The number of hydrogen-bond acceptors (Lipinski definition) is 3. The van der Waals surface area contributed by atoms with E-state index in [0.717, 1.165) is 20.9 Å². The molecule has 0 atom stereocenters. The summed E-state index contributed by atoms with van der Waals surface area (Å²) in [4.78, 5) is 13.0. The zero-order valence-electron chi connectivity index (χ0n) is 10.4. The fraction of sp³-hybridized carbons (Fsp3) is 0.0714. The van der Waals surface area contributed by atoms with Crippen molar-refractivity contribution < 1.29 is 0 Å². The summed E-state index contributed by atoms with van der Waals surface area (Å²) in [5.74, 6) is 0.474. The van der Waals surface area contributed by atoms with E-state index in [9.17, 15) is 0 Å². The van der Waals surface area contributed by atoms with E-state index in [4.69, 9.17) is 23.2 Å². The fourth-order valence-electron chi connectivity index (χ4n) is 1.90. The number of aromatic nitrogens is 3. The first-order chi connectivity index (χ1) is 9.58. The van der Waals surface area contributed by atoms with E-state index >= 15 is 0 Å². The molecule has 6 heteroatoms. The van der Waals surface area contributed by atoms with Crippen LogP contribution in [0, 0.1) is 6.92 Å². The number of nitrogens with zero attached hydrogens (tertiary/aromatic N) is 3. The molecule has 100 valence electrons. The lowest BCUT2D eigenvalue weighted by atomic mass is 10.1. The first-order valence-corrected chi connectivity index (χ1v) is 7.36. The number of benzene rings is 1. The van der Waals surface area contributed by atoms with Crippen molar-refractivity contribution in [2.75, 3.05) is 0 Å². The summed E-state index contributed by atoms with van der Waals surface area (Å²) in [6.07, 6.45) is 1.73. The Morgan fingerprint density at radius 1 is 1.05 bits per heavy atom. The monoisotopic (exact) mass is 367 g/mol. The normalized spacial score (nSPS) is 11.0. The zero-order valence-corrected chi connectivity index (χ0v) is 13.5. The second-order valence-corrected chi connectivity index (χ2v) is 5.82. The van der Waals surface area contributed by atoms with Gasteiger partial charge in [-0.05, 0) is 25.1 Å². The van der Waals surface area contributed by atoms with Gasteiger partial charge in [0, 0.05) is 27.2 Å². The van der Waals surface area contributed by atoms with Crippen LogP contribution < -0.4 is 0 Å². The van der Waals surface area contributed by atoms with Crippen molar-refractivity contribution in [3.8, 4) is 11.4 Å². The van der Waals surface area contributed by atoms with E-state index in [1.54, 1.807) is 13.1 Å². The number of pyridine rings is 1. The quantitative estimate of drug-likeness (QED) is 0.563. The van der Waals surface area contributed by atoms with Crippen LogP contribution in [0.1, 0.15) is 5.56 Å².